The number of hydrogen-bond donors (Lipinski definition) is 1. The number of amides is 1. The summed E-state index contributed by atoms with van der Waals surface area (Å²) in [6, 6.07) is 18.7. The van der Waals surface area contributed by atoms with E-state index in [4.69, 9.17) is 0 Å². The van der Waals surface area contributed by atoms with Crippen LogP contribution in [0.1, 0.15) is 15.9 Å². The Labute approximate surface area is 156 Å². The van der Waals surface area contributed by atoms with Crippen LogP contribution in [0.15, 0.2) is 77.3 Å². The van der Waals surface area contributed by atoms with E-state index < -0.39 is 11.7 Å². The molecule has 1 N–H and O–H groups in total. The van der Waals surface area contributed by atoms with Gasteiger partial charge in [-0.05, 0) is 53.6 Å². The van der Waals surface area contributed by atoms with Gasteiger partial charge < -0.3 is 5.32 Å². The Balaban J connectivity index is 1.90. The van der Waals surface area contributed by atoms with Crippen molar-refractivity contribution in [3.8, 4) is 11.1 Å². The van der Waals surface area contributed by atoms with Gasteiger partial charge in [-0.3, -0.25) is 4.79 Å². The van der Waals surface area contributed by atoms with Gasteiger partial charge in [0.05, 0.1) is 5.56 Å². The molecule has 3 aromatic carbocycles. The smallest absolute Gasteiger partial charge is 0.322 e. The number of nitrogens with one attached hydrogen (secondary N) is 1. The second-order valence-electron chi connectivity index (χ2n) is 5.58. The van der Waals surface area contributed by atoms with Gasteiger partial charge in [0.25, 0.3) is 5.91 Å². The highest BCUT2D eigenvalue weighted by molar-refractivity contribution is 9.10. The summed E-state index contributed by atoms with van der Waals surface area (Å²) in [6.07, 6.45) is -4.39. The summed E-state index contributed by atoms with van der Waals surface area (Å²) in [5.41, 5.74) is 1.39. The first-order valence-corrected chi connectivity index (χ1v) is 8.47. The Hall–Kier alpha value is -2.60. The molecule has 0 bridgehead atoms. The van der Waals surface area contributed by atoms with Gasteiger partial charge in [-0.25, -0.2) is 0 Å². The first-order valence-electron chi connectivity index (χ1n) is 7.68. The molecule has 6 heteroatoms. The Bertz CT molecular complexity index is 919. The molecule has 26 heavy (non-hydrogen) atoms. The van der Waals surface area contributed by atoms with E-state index in [2.05, 4.69) is 21.2 Å². The van der Waals surface area contributed by atoms with Gasteiger partial charge in [-0.15, -0.1) is 0 Å². The maximum absolute atomic E-state index is 12.7. The van der Waals surface area contributed by atoms with Crippen molar-refractivity contribution in [2.24, 2.45) is 0 Å². The SMILES string of the molecule is O=C(Nc1ccc(Br)cc1)c1ccccc1-c1ccc(C(F)(F)F)cc1. The third kappa shape index (κ3) is 4.14. The minimum atomic E-state index is -4.39. The van der Waals surface area contributed by atoms with Gasteiger partial charge in [0.15, 0.2) is 0 Å². The molecule has 0 aliphatic heterocycles. The first kappa shape index (κ1) is 18.2. The summed E-state index contributed by atoms with van der Waals surface area (Å²) in [5, 5.41) is 2.79. The predicted octanol–water partition coefficient (Wildman–Crippen LogP) is 6.39. The van der Waals surface area contributed by atoms with Crippen molar-refractivity contribution in [1.82, 2.24) is 0 Å². The summed E-state index contributed by atoms with van der Waals surface area (Å²) in [5.74, 6) is -0.331. The van der Waals surface area contributed by atoms with Crippen molar-refractivity contribution in [3.05, 3.63) is 88.4 Å². The van der Waals surface area contributed by atoms with E-state index in [1.165, 1.54) is 12.1 Å². The van der Waals surface area contributed by atoms with E-state index in [9.17, 15) is 18.0 Å². The molecule has 0 fully saturated rings. The lowest BCUT2D eigenvalue weighted by molar-refractivity contribution is -0.137. The van der Waals surface area contributed by atoms with Crippen LogP contribution < -0.4 is 5.32 Å². The third-order valence-electron chi connectivity index (χ3n) is 3.80. The molecule has 0 saturated heterocycles. The predicted molar refractivity (Wildman–Crippen MR) is 99.0 cm³/mol. The molecule has 0 atom stereocenters. The van der Waals surface area contributed by atoms with E-state index in [-0.39, 0.29) is 5.91 Å². The molecule has 132 valence electrons. The zero-order valence-corrected chi connectivity index (χ0v) is 14.9. The highest BCUT2D eigenvalue weighted by Crippen LogP contribution is 2.32. The summed E-state index contributed by atoms with van der Waals surface area (Å²) >= 11 is 3.33. The van der Waals surface area contributed by atoms with Crippen LogP contribution in [0, 0.1) is 0 Å². The van der Waals surface area contributed by atoms with Gasteiger partial charge in [0.1, 0.15) is 0 Å². The number of benzene rings is 3. The van der Waals surface area contributed by atoms with E-state index in [1.807, 2.05) is 0 Å². The minimum absolute atomic E-state index is 0.331. The van der Waals surface area contributed by atoms with Gasteiger partial charge >= 0.3 is 6.18 Å². The number of carbonyl (C=O) groups excluding carboxylic acids is 1. The molecular weight excluding hydrogens is 407 g/mol. The Morgan fingerprint density at radius 2 is 1.46 bits per heavy atom. The molecule has 3 aromatic rings. The standard InChI is InChI=1S/C20H13BrF3NO/c21-15-9-11-16(12-10-15)25-19(26)18-4-2-1-3-17(18)13-5-7-14(8-6-13)20(22,23)24/h1-12H,(H,25,26). The molecule has 2 nitrogen and oxygen atoms in total. The Morgan fingerprint density at radius 1 is 0.846 bits per heavy atom. The molecule has 0 aliphatic carbocycles. The number of halogens is 4. The van der Waals surface area contributed by atoms with Crippen molar-refractivity contribution in [3.63, 3.8) is 0 Å². The molecule has 0 radical (unpaired) electrons. The summed E-state index contributed by atoms with van der Waals surface area (Å²) < 4.78 is 39.1. The van der Waals surface area contributed by atoms with Crippen LogP contribution in [-0.2, 0) is 6.18 Å². The fourth-order valence-corrected chi connectivity index (χ4v) is 2.77. The molecule has 1 amide bonds. The molecule has 0 heterocycles. The average Bonchev–Trinajstić information content (AvgIpc) is 2.63. The topological polar surface area (TPSA) is 29.1 Å². The second-order valence-corrected chi connectivity index (χ2v) is 6.50. The number of carbonyl (C=O) groups is 1. The normalized spacial score (nSPS) is 11.2. The van der Waals surface area contributed by atoms with Gasteiger partial charge in [0, 0.05) is 15.7 Å². The van der Waals surface area contributed by atoms with Crippen LogP contribution in [0.5, 0.6) is 0 Å². The number of anilines is 1. The third-order valence-corrected chi connectivity index (χ3v) is 4.33. The molecule has 0 unspecified atom stereocenters. The largest absolute Gasteiger partial charge is 0.416 e. The summed E-state index contributed by atoms with van der Waals surface area (Å²) in [7, 11) is 0. The van der Waals surface area contributed by atoms with Crippen LogP contribution in [-0.4, -0.2) is 5.91 Å². The average molecular weight is 420 g/mol. The fraction of sp³-hybridized carbons (Fsp3) is 0.0500. The van der Waals surface area contributed by atoms with Gasteiger partial charge in [-0.2, -0.15) is 13.2 Å². The lowest BCUT2D eigenvalue weighted by Crippen LogP contribution is -2.13. The van der Waals surface area contributed by atoms with E-state index in [1.54, 1.807) is 48.5 Å². The Kier molecular flexibility index (Phi) is 5.13. The quantitative estimate of drug-likeness (QED) is 0.523. The first-order chi connectivity index (χ1) is 12.3. The van der Waals surface area contributed by atoms with Gasteiger partial charge in [0.2, 0.25) is 0 Å². The number of rotatable bonds is 3. The zero-order valence-electron chi connectivity index (χ0n) is 13.3. The van der Waals surface area contributed by atoms with Crippen molar-refractivity contribution in [1.29, 1.82) is 0 Å². The maximum Gasteiger partial charge on any atom is 0.416 e. The van der Waals surface area contributed by atoms with Crippen LogP contribution in [0.3, 0.4) is 0 Å². The summed E-state index contributed by atoms with van der Waals surface area (Å²) in [6.45, 7) is 0. The monoisotopic (exact) mass is 419 g/mol. The summed E-state index contributed by atoms with van der Waals surface area (Å²) in [4.78, 5) is 12.6. The van der Waals surface area contributed by atoms with Crippen molar-refractivity contribution in [2.45, 2.75) is 6.18 Å². The van der Waals surface area contributed by atoms with Crippen molar-refractivity contribution >= 4 is 27.5 Å². The molecule has 0 aliphatic rings. The molecule has 3 rings (SSSR count). The van der Waals surface area contributed by atoms with Crippen LogP contribution in [0.2, 0.25) is 0 Å². The second kappa shape index (κ2) is 7.33. The lowest BCUT2D eigenvalue weighted by atomic mass is 9.98. The maximum atomic E-state index is 12.7. The van der Waals surface area contributed by atoms with Gasteiger partial charge in [-0.1, -0.05) is 46.3 Å². The zero-order chi connectivity index (χ0) is 18.7. The molecule has 0 aromatic heterocycles. The van der Waals surface area contributed by atoms with Crippen LogP contribution in [0.4, 0.5) is 18.9 Å². The molecule has 0 spiro atoms. The highest BCUT2D eigenvalue weighted by Gasteiger charge is 2.30. The minimum Gasteiger partial charge on any atom is -0.322 e. The lowest BCUT2D eigenvalue weighted by Gasteiger charge is -2.12. The number of hydrogen-bond acceptors (Lipinski definition) is 1. The van der Waals surface area contributed by atoms with E-state index in [0.717, 1.165) is 16.6 Å². The van der Waals surface area contributed by atoms with E-state index >= 15 is 0 Å². The van der Waals surface area contributed by atoms with E-state index in [0.29, 0.717) is 22.4 Å². The number of alkyl halides is 3. The van der Waals surface area contributed by atoms with Crippen LogP contribution in [0.25, 0.3) is 11.1 Å². The fourth-order valence-electron chi connectivity index (χ4n) is 2.50. The van der Waals surface area contributed by atoms with Crippen molar-refractivity contribution < 1.29 is 18.0 Å². The highest BCUT2D eigenvalue weighted by atomic mass is 79.9. The molecular formula is C20H13BrF3NO. The Morgan fingerprint density at radius 3 is 2.08 bits per heavy atom. The van der Waals surface area contributed by atoms with Crippen LogP contribution >= 0.6 is 15.9 Å². The van der Waals surface area contributed by atoms with Crippen molar-refractivity contribution in [2.75, 3.05) is 5.32 Å². The molecule has 0 saturated carbocycles.